The minimum Gasteiger partial charge on any atom is -1.00 e. The third-order valence-electron chi connectivity index (χ3n) is 5.01. The van der Waals surface area contributed by atoms with Crippen molar-refractivity contribution in [2.45, 2.75) is 20.3 Å². The van der Waals surface area contributed by atoms with Crippen LogP contribution < -0.4 is 9.41 Å². The van der Waals surface area contributed by atoms with Gasteiger partial charge in [-0.1, -0.05) is 42.0 Å². The summed E-state index contributed by atoms with van der Waals surface area (Å²) in [6, 6.07) is 34.2. The Morgan fingerprint density at radius 3 is 2.06 bits per heavy atom. The molecule has 1 aromatic heterocycles. The fourth-order valence-corrected chi connectivity index (χ4v) is 3.66. The van der Waals surface area contributed by atoms with Crippen molar-refractivity contribution in [3.8, 4) is 5.69 Å². The molecule has 0 saturated carbocycles. The fourth-order valence-electron chi connectivity index (χ4n) is 3.66. The molecule has 0 amide bonds. The van der Waals surface area contributed by atoms with Crippen molar-refractivity contribution in [1.82, 2.24) is 4.57 Å². The Kier molecular flexibility index (Phi) is 10.5. The zero-order valence-electron chi connectivity index (χ0n) is 17.7. The molecule has 4 aromatic carbocycles. The molecule has 0 unspecified atom stereocenters. The maximum Gasteiger partial charge on any atom is 4.00 e. The number of nitrogens with zero attached hydrogens (tertiary/aromatic N) is 1. The van der Waals surface area contributed by atoms with E-state index in [9.17, 15) is 0 Å². The zero-order chi connectivity index (χ0) is 19.3. The van der Waals surface area contributed by atoms with Crippen LogP contribution in [0.5, 0.6) is 0 Å². The number of rotatable bonds is 3. The van der Waals surface area contributed by atoms with Crippen molar-refractivity contribution in [2.24, 2.45) is 0 Å². The Labute approximate surface area is 201 Å². The molecule has 0 spiro atoms. The summed E-state index contributed by atoms with van der Waals surface area (Å²) in [5, 5.41) is 2.62. The molecule has 5 aromatic rings. The number of halogens is 2. The van der Waals surface area contributed by atoms with Crippen LogP contribution >= 0.6 is 0 Å². The van der Waals surface area contributed by atoms with Gasteiger partial charge in [-0.2, -0.15) is 17.7 Å². The maximum absolute atomic E-state index is 2.25. The number of hydrogen-bond acceptors (Lipinski definition) is 0. The van der Waals surface area contributed by atoms with Gasteiger partial charge in [0.1, 0.15) is 0 Å². The first kappa shape index (κ1) is 26.5. The third-order valence-corrected chi connectivity index (χ3v) is 5.01. The smallest absolute Gasteiger partial charge is 1.00 e. The Morgan fingerprint density at radius 1 is 0.806 bits per heavy atom. The monoisotopic (exact) mass is 491 g/mol. The second-order valence-corrected chi connectivity index (χ2v) is 7.33. The molecule has 0 atom stereocenters. The number of hydrogen-bond donors (Lipinski definition) is 0. The summed E-state index contributed by atoms with van der Waals surface area (Å²) in [6.45, 7) is 4.27. The minimum atomic E-state index is 0. The first-order valence-corrected chi connectivity index (χ1v) is 9.75. The molecule has 4 heteroatoms. The summed E-state index contributed by atoms with van der Waals surface area (Å²) in [6.07, 6.45) is 3.23. The van der Waals surface area contributed by atoms with Gasteiger partial charge in [-0.25, -0.2) is 12.1 Å². The number of aromatic nitrogens is 1. The topological polar surface area (TPSA) is 4.93 Å². The zero-order valence-corrected chi connectivity index (χ0v) is 20.2. The van der Waals surface area contributed by atoms with E-state index >= 15 is 0 Å². The van der Waals surface area contributed by atoms with Gasteiger partial charge in [0.2, 0.25) is 0 Å². The van der Waals surface area contributed by atoms with Crippen molar-refractivity contribution in [3.05, 3.63) is 126 Å². The summed E-state index contributed by atoms with van der Waals surface area (Å²) >= 11 is 0. The average molecular weight is 493 g/mol. The van der Waals surface area contributed by atoms with E-state index in [0.29, 0.717) is 0 Å². The van der Waals surface area contributed by atoms with E-state index in [-0.39, 0.29) is 35.6 Å². The number of benzene rings is 2. The van der Waals surface area contributed by atoms with Crippen molar-refractivity contribution >= 4 is 10.8 Å². The van der Waals surface area contributed by atoms with Gasteiger partial charge in [0.25, 0.3) is 0 Å². The molecule has 156 valence electrons. The van der Waals surface area contributed by atoms with Crippen LogP contribution in [0.15, 0.2) is 103 Å². The van der Waals surface area contributed by atoms with Gasteiger partial charge in [-0.3, -0.25) is 0 Å². The number of aryl methyl sites for hydroxylation is 2. The molecule has 0 aliphatic carbocycles. The average Bonchev–Trinajstić information content (AvgIpc) is 3.43. The molecule has 0 N–H and O–H groups in total. The van der Waals surface area contributed by atoms with E-state index in [0.717, 1.165) is 6.42 Å². The minimum absolute atomic E-state index is 0. The molecule has 1 nitrogen and oxygen atoms in total. The van der Waals surface area contributed by atoms with Crippen molar-refractivity contribution in [3.63, 3.8) is 0 Å². The van der Waals surface area contributed by atoms with Crippen LogP contribution in [0.2, 0.25) is 0 Å². The predicted molar refractivity (Wildman–Crippen MR) is 120 cm³/mol. The molecule has 31 heavy (non-hydrogen) atoms. The van der Waals surface area contributed by atoms with Gasteiger partial charge >= 0.3 is 26.2 Å². The third kappa shape index (κ3) is 6.70. The van der Waals surface area contributed by atoms with Crippen LogP contribution in [0, 0.1) is 13.8 Å². The van der Waals surface area contributed by atoms with Crippen LogP contribution in [-0.4, -0.2) is 4.57 Å². The van der Waals surface area contributed by atoms with Crippen LogP contribution in [-0.2, 0) is 32.6 Å². The molecule has 0 aliphatic heterocycles. The summed E-state index contributed by atoms with van der Waals surface area (Å²) in [5.74, 6) is 0. The van der Waals surface area contributed by atoms with Crippen LogP contribution in [0.25, 0.3) is 16.5 Å². The fraction of sp³-hybridized carbons (Fsp3) is 0.111. The van der Waals surface area contributed by atoms with E-state index in [4.69, 9.17) is 0 Å². The quantitative estimate of drug-likeness (QED) is 0.331. The molecular weight excluding hydrogens is 468 g/mol. The van der Waals surface area contributed by atoms with Crippen molar-refractivity contribution in [1.29, 1.82) is 0 Å². The Balaban J connectivity index is 0.000000292. The molecule has 1 heterocycles. The van der Waals surface area contributed by atoms with Gasteiger partial charge < -0.3 is 14.0 Å². The first-order valence-electron chi connectivity index (χ1n) is 9.75. The second-order valence-electron chi connectivity index (χ2n) is 7.33. The predicted octanol–water partition coefficient (Wildman–Crippen LogP) is 0.968. The summed E-state index contributed by atoms with van der Waals surface area (Å²) in [7, 11) is 0. The molecule has 5 rings (SSSR count). The van der Waals surface area contributed by atoms with E-state index < -0.39 is 0 Å². The van der Waals surface area contributed by atoms with Crippen molar-refractivity contribution in [2.75, 3.05) is 0 Å². The van der Waals surface area contributed by atoms with Crippen molar-refractivity contribution < 1.29 is 35.6 Å². The molecular formula is C27H25F2NZr. The van der Waals surface area contributed by atoms with E-state index in [1.807, 2.05) is 0 Å². The van der Waals surface area contributed by atoms with Gasteiger partial charge in [0, 0.05) is 11.9 Å². The van der Waals surface area contributed by atoms with Gasteiger partial charge in [0.05, 0.1) is 0 Å². The normalized spacial score (nSPS) is 9.61. The Hall–Kier alpha value is -2.58. The Morgan fingerprint density at radius 2 is 1.45 bits per heavy atom. The molecule has 0 saturated heterocycles. The van der Waals surface area contributed by atoms with Gasteiger partial charge in [-0.05, 0) is 37.6 Å². The Bertz CT molecular complexity index is 1120. The molecule has 0 bridgehead atoms. The summed E-state index contributed by atoms with van der Waals surface area (Å²) < 4.78 is 2.25. The first-order chi connectivity index (χ1) is 13.7. The van der Waals surface area contributed by atoms with Crippen LogP contribution in [0.3, 0.4) is 0 Å². The molecule has 0 aliphatic rings. The van der Waals surface area contributed by atoms with E-state index in [1.165, 1.54) is 38.8 Å². The van der Waals surface area contributed by atoms with Gasteiger partial charge in [0.15, 0.2) is 0 Å². The molecule has 0 fully saturated rings. The maximum atomic E-state index is 2.25. The largest absolute Gasteiger partial charge is 4.00 e. The van der Waals surface area contributed by atoms with Crippen LogP contribution in [0.4, 0.5) is 0 Å². The van der Waals surface area contributed by atoms with E-state index in [2.05, 4.69) is 122 Å². The summed E-state index contributed by atoms with van der Waals surface area (Å²) in [5.41, 5.74) is 6.62. The second kappa shape index (κ2) is 12.3. The standard InChI is InChI=1S/C15H14N.C12H11.2FH.Zr/c1-11-7-12(2)16(10-11)15-8-13-5-3-4-6-14(13)9-15;1-2-6-11(7-3-1)10-12-8-4-5-9-12;;;/h3-10H,1-2H3;1-9H,10H2;2*1H;/q2*-1;;;+4/p-2. The summed E-state index contributed by atoms with van der Waals surface area (Å²) in [4.78, 5) is 0. The SMILES string of the molecule is Cc1cc(C)n(-c2cc3ccccc3[cH-]2)c1.[F-].[F-].[Zr+4].c1ccc(C[c-]2cccc2)cc1. The van der Waals surface area contributed by atoms with E-state index in [1.54, 1.807) is 0 Å². The molecule has 0 radical (unpaired) electrons. The van der Waals surface area contributed by atoms with Crippen LogP contribution in [0.1, 0.15) is 22.4 Å². The number of fused-ring (bicyclic) bond motifs is 1. The van der Waals surface area contributed by atoms with Gasteiger partial charge in [-0.15, -0.1) is 41.1 Å².